The van der Waals surface area contributed by atoms with Crippen molar-refractivity contribution < 1.29 is 54.8 Å². The molecule has 0 radical (unpaired) electrons. The van der Waals surface area contributed by atoms with Gasteiger partial charge in [0.2, 0.25) is 0 Å². The molecule has 5 aromatic rings. The molecular weight excluding hydrogens is 672 g/mol. The van der Waals surface area contributed by atoms with Gasteiger partial charge in [-0.05, 0) is 82.1 Å². The molecule has 8 N–H and O–H groups in total. The number of ketones is 1. The van der Waals surface area contributed by atoms with E-state index in [0.29, 0.717) is 5.57 Å². The van der Waals surface area contributed by atoms with Crippen LogP contribution in [0.3, 0.4) is 0 Å². The van der Waals surface area contributed by atoms with E-state index >= 15 is 0 Å². The first-order valence-electron chi connectivity index (χ1n) is 16.5. The Morgan fingerprint density at radius 1 is 0.827 bits per heavy atom. The summed E-state index contributed by atoms with van der Waals surface area (Å²) in [6, 6.07) is 13.6. The molecule has 1 aromatic heterocycles. The molecule has 6 rings (SSSR count). The number of aliphatic hydroxyl groups is 1. The molecule has 0 fully saturated rings. The number of Topliss-reactive ketones (excluding diaryl/α,β-unsaturated/α-hetero) is 1. The molecule has 0 bridgehead atoms. The zero-order chi connectivity index (χ0) is 37.6. The van der Waals surface area contributed by atoms with Gasteiger partial charge in [0.15, 0.2) is 22.7 Å². The highest BCUT2D eigenvalue weighted by molar-refractivity contribution is 6.02. The number of carbonyl (C=O) groups excluding carboxylic acids is 1. The first-order valence-corrected chi connectivity index (χ1v) is 16.5. The average molecular weight is 711 g/mol. The Morgan fingerprint density at radius 3 is 2.10 bits per heavy atom. The van der Waals surface area contributed by atoms with Crippen LogP contribution in [0.25, 0.3) is 22.3 Å². The average Bonchev–Trinajstić information content (AvgIpc) is 3.04. The molecule has 0 saturated heterocycles. The highest BCUT2D eigenvalue weighted by Crippen LogP contribution is 2.48. The number of aromatic hydroxyl groups is 7. The summed E-state index contributed by atoms with van der Waals surface area (Å²) in [6.45, 7) is 4.94. The van der Waals surface area contributed by atoms with Crippen LogP contribution in [0.4, 0.5) is 0 Å². The fraction of sp³-hybridized carbons (Fsp3) is 0.250. The first kappa shape index (κ1) is 35.7. The molecule has 1 heterocycles. The van der Waals surface area contributed by atoms with Gasteiger partial charge in [0.1, 0.15) is 51.9 Å². The molecule has 0 aliphatic heterocycles. The predicted molar refractivity (Wildman–Crippen MR) is 190 cm³/mol. The van der Waals surface area contributed by atoms with E-state index in [1.54, 1.807) is 26.8 Å². The second-order valence-corrected chi connectivity index (χ2v) is 13.8. The third kappa shape index (κ3) is 6.93. The zero-order valence-electron chi connectivity index (χ0n) is 28.5. The fourth-order valence-corrected chi connectivity index (χ4v) is 6.76. The maximum atomic E-state index is 14.6. The highest BCUT2D eigenvalue weighted by atomic mass is 16.5. The number of hydrogen-bond donors (Lipinski definition) is 8. The summed E-state index contributed by atoms with van der Waals surface area (Å²) < 4.78 is 12.7. The number of rotatable bonds is 9. The van der Waals surface area contributed by atoms with Crippen molar-refractivity contribution in [2.45, 2.75) is 57.7 Å². The van der Waals surface area contributed by atoms with Crippen LogP contribution in [-0.2, 0) is 6.42 Å². The van der Waals surface area contributed by atoms with Gasteiger partial charge in [-0.1, -0.05) is 11.6 Å². The van der Waals surface area contributed by atoms with E-state index in [-0.39, 0.29) is 87.0 Å². The maximum absolute atomic E-state index is 14.6. The van der Waals surface area contributed by atoms with Crippen molar-refractivity contribution in [2.24, 2.45) is 5.92 Å². The molecule has 2 unspecified atom stereocenters. The van der Waals surface area contributed by atoms with Crippen LogP contribution >= 0.6 is 0 Å². The van der Waals surface area contributed by atoms with Gasteiger partial charge in [0.25, 0.3) is 0 Å². The lowest BCUT2D eigenvalue weighted by molar-refractivity contribution is 0.0680. The van der Waals surface area contributed by atoms with Crippen molar-refractivity contribution >= 4 is 16.8 Å². The second-order valence-electron chi connectivity index (χ2n) is 13.8. The SMILES string of the molecule is CC1=CC(c2c(O)ccc3c(=O)c(CCC(C)(C)O)c(-c4ccc(O)cc4O)oc23)[C@@H](C(=O)c2ccc(O)cc2O)C(Oc2ccc(O)cc2O)C1. The molecule has 4 aromatic carbocycles. The summed E-state index contributed by atoms with van der Waals surface area (Å²) in [6.07, 6.45) is 0.975. The summed E-state index contributed by atoms with van der Waals surface area (Å²) in [5.41, 5.74) is -1.10. The Bertz CT molecular complexity index is 2300. The Morgan fingerprint density at radius 2 is 1.46 bits per heavy atom. The quantitative estimate of drug-likeness (QED) is 0.0609. The Labute approximate surface area is 297 Å². The monoisotopic (exact) mass is 710 g/mol. The molecular formula is C40H38O12. The first-order chi connectivity index (χ1) is 24.5. The maximum Gasteiger partial charge on any atom is 0.196 e. The Hall–Kier alpha value is -6.14. The van der Waals surface area contributed by atoms with Gasteiger partial charge in [0, 0.05) is 41.7 Å². The van der Waals surface area contributed by atoms with E-state index in [2.05, 4.69) is 0 Å². The Balaban J connectivity index is 1.62. The van der Waals surface area contributed by atoms with Crippen molar-refractivity contribution in [1.29, 1.82) is 0 Å². The number of ether oxygens (including phenoxy) is 1. The third-order valence-electron chi connectivity index (χ3n) is 9.26. The number of hydrogen-bond acceptors (Lipinski definition) is 12. The van der Waals surface area contributed by atoms with Gasteiger partial charge >= 0.3 is 0 Å². The van der Waals surface area contributed by atoms with Crippen molar-refractivity contribution in [3.05, 3.63) is 105 Å². The van der Waals surface area contributed by atoms with E-state index < -0.39 is 52.0 Å². The number of allylic oxidation sites excluding steroid dienone is 1. The fourth-order valence-electron chi connectivity index (χ4n) is 6.76. The second kappa shape index (κ2) is 13.5. The van der Waals surface area contributed by atoms with Gasteiger partial charge in [-0.25, -0.2) is 0 Å². The standard InChI is InChI=1S/C40H38O12/c1-19-14-27(35(37(49)23-7-4-20(41)16-29(23)45)33(15-19)51-32-11-6-22(43)18-31(32)47)34-28(44)10-9-25-36(48)26(12-13-40(2,3)50)38(52-39(25)34)24-8-5-21(42)17-30(24)46/h4-11,14,16-18,27,33,35,41-47,50H,12-13,15H2,1-3H3/t27?,33?,35-/m1/s1. The largest absolute Gasteiger partial charge is 0.508 e. The van der Waals surface area contributed by atoms with E-state index in [1.165, 1.54) is 48.5 Å². The highest BCUT2D eigenvalue weighted by Gasteiger charge is 2.43. The topological polar surface area (TPSA) is 218 Å². The molecule has 52 heavy (non-hydrogen) atoms. The van der Waals surface area contributed by atoms with E-state index in [4.69, 9.17) is 9.15 Å². The lowest BCUT2D eigenvalue weighted by Gasteiger charge is -2.36. The molecule has 12 nitrogen and oxygen atoms in total. The van der Waals surface area contributed by atoms with Gasteiger partial charge in [-0.3, -0.25) is 9.59 Å². The smallest absolute Gasteiger partial charge is 0.196 e. The minimum absolute atomic E-state index is 0.0161. The van der Waals surface area contributed by atoms with Gasteiger partial charge in [-0.2, -0.15) is 0 Å². The summed E-state index contributed by atoms with van der Waals surface area (Å²) >= 11 is 0. The van der Waals surface area contributed by atoms with Crippen molar-refractivity contribution in [3.8, 4) is 57.3 Å². The Kier molecular flexibility index (Phi) is 9.28. The number of carbonyl (C=O) groups is 1. The van der Waals surface area contributed by atoms with Crippen LogP contribution in [0.1, 0.15) is 61.0 Å². The number of benzene rings is 4. The summed E-state index contributed by atoms with van der Waals surface area (Å²) in [7, 11) is 0. The minimum Gasteiger partial charge on any atom is -0.508 e. The zero-order valence-corrected chi connectivity index (χ0v) is 28.5. The molecule has 0 amide bonds. The van der Waals surface area contributed by atoms with Gasteiger partial charge in [0.05, 0.1) is 28.0 Å². The molecule has 0 spiro atoms. The molecule has 1 aliphatic carbocycles. The van der Waals surface area contributed by atoms with Crippen LogP contribution < -0.4 is 10.2 Å². The lowest BCUT2D eigenvalue weighted by Crippen LogP contribution is -2.40. The van der Waals surface area contributed by atoms with Crippen LogP contribution in [0.15, 0.2) is 87.6 Å². The van der Waals surface area contributed by atoms with Gasteiger partial charge in [-0.15, -0.1) is 0 Å². The number of fused-ring (bicyclic) bond motifs is 1. The van der Waals surface area contributed by atoms with Crippen LogP contribution in [0.2, 0.25) is 0 Å². The summed E-state index contributed by atoms with van der Waals surface area (Å²) in [4.78, 5) is 28.9. The van der Waals surface area contributed by atoms with Crippen molar-refractivity contribution in [2.75, 3.05) is 0 Å². The molecule has 270 valence electrons. The number of phenols is 7. The lowest BCUT2D eigenvalue weighted by atomic mass is 9.71. The molecule has 3 atom stereocenters. The van der Waals surface area contributed by atoms with E-state index in [0.717, 1.165) is 18.2 Å². The minimum atomic E-state index is -1.26. The predicted octanol–water partition coefficient (Wildman–Crippen LogP) is 6.48. The summed E-state index contributed by atoms with van der Waals surface area (Å²) in [5, 5.41) is 84.3. The third-order valence-corrected chi connectivity index (χ3v) is 9.26. The van der Waals surface area contributed by atoms with Crippen LogP contribution in [0.5, 0.6) is 46.0 Å². The van der Waals surface area contributed by atoms with Crippen molar-refractivity contribution in [3.63, 3.8) is 0 Å². The molecule has 1 aliphatic rings. The van der Waals surface area contributed by atoms with E-state index in [9.17, 15) is 50.4 Å². The van der Waals surface area contributed by atoms with Crippen LogP contribution in [0, 0.1) is 5.92 Å². The van der Waals surface area contributed by atoms with Crippen molar-refractivity contribution in [1.82, 2.24) is 0 Å². The number of phenolic OH excluding ortho intramolecular Hbond substituents is 7. The van der Waals surface area contributed by atoms with Crippen LogP contribution in [-0.4, -0.2) is 58.3 Å². The summed E-state index contributed by atoms with van der Waals surface area (Å²) in [5.74, 6) is -5.57. The molecule has 12 heteroatoms. The normalized spacial score (nSPS) is 17.5. The van der Waals surface area contributed by atoms with Gasteiger partial charge < -0.3 is 50.0 Å². The van der Waals surface area contributed by atoms with E-state index in [1.807, 2.05) is 0 Å². The molecule has 0 saturated carbocycles.